The highest BCUT2D eigenvalue weighted by atomic mass is 19.3. The molecular formula is C14H17F2N3O. The van der Waals surface area contributed by atoms with E-state index in [1.807, 2.05) is 24.3 Å². The second-order valence-electron chi connectivity index (χ2n) is 4.33. The van der Waals surface area contributed by atoms with Crippen LogP contribution in [0.5, 0.6) is 0 Å². The summed E-state index contributed by atoms with van der Waals surface area (Å²) in [5.74, 6) is 0.323. The third-order valence-electron chi connectivity index (χ3n) is 2.98. The lowest BCUT2D eigenvalue weighted by Gasteiger charge is -2.11. The zero-order valence-electron chi connectivity index (χ0n) is 11.2. The van der Waals surface area contributed by atoms with Crippen molar-refractivity contribution in [1.29, 1.82) is 0 Å². The largest absolute Gasteiger partial charge is 0.380 e. The molecule has 4 nitrogen and oxygen atoms in total. The van der Waals surface area contributed by atoms with E-state index >= 15 is 0 Å². The Hall–Kier alpha value is -1.79. The minimum Gasteiger partial charge on any atom is -0.380 e. The second-order valence-corrected chi connectivity index (χ2v) is 4.33. The van der Waals surface area contributed by atoms with Gasteiger partial charge in [0.1, 0.15) is 5.82 Å². The zero-order valence-corrected chi connectivity index (χ0v) is 11.2. The summed E-state index contributed by atoms with van der Waals surface area (Å²) in [6.45, 7) is -1.16. The van der Waals surface area contributed by atoms with Gasteiger partial charge in [0.2, 0.25) is 0 Å². The Bertz CT molecular complexity index is 543. The molecular weight excluding hydrogens is 264 g/mol. The average Bonchev–Trinajstić information content (AvgIpc) is 2.90. The molecule has 1 N–H and O–H groups in total. The number of methoxy groups -OCH3 is 1. The minimum atomic E-state index is -2.56. The van der Waals surface area contributed by atoms with Crippen LogP contribution in [0.4, 0.5) is 8.78 Å². The molecule has 0 amide bonds. The van der Waals surface area contributed by atoms with Gasteiger partial charge in [0.15, 0.2) is 0 Å². The van der Waals surface area contributed by atoms with Crippen LogP contribution in [-0.4, -0.2) is 16.7 Å². The van der Waals surface area contributed by atoms with E-state index < -0.39 is 6.55 Å². The van der Waals surface area contributed by atoms with Gasteiger partial charge in [-0.2, -0.15) is 8.78 Å². The fraction of sp³-hybridized carbons (Fsp3) is 0.357. The molecule has 0 saturated heterocycles. The highest BCUT2D eigenvalue weighted by molar-refractivity contribution is 5.26. The topological polar surface area (TPSA) is 39.1 Å². The maximum absolute atomic E-state index is 12.7. The van der Waals surface area contributed by atoms with Crippen LogP contribution in [-0.2, 0) is 24.4 Å². The van der Waals surface area contributed by atoms with Crippen LogP contribution < -0.4 is 5.32 Å². The van der Waals surface area contributed by atoms with Crippen LogP contribution in [0.2, 0.25) is 0 Å². The van der Waals surface area contributed by atoms with Crippen molar-refractivity contribution >= 4 is 0 Å². The molecule has 0 saturated carbocycles. The van der Waals surface area contributed by atoms with Crippen LogP contribution in [0, 0.1) is 0 Å². The highest BCUT2D eigenvalue weighted by Gasteiger charge is 2.10. The molecule has 0 atom stereocenters. The lowest BCUT2D eigenvalue weighted by Crippen LogP contribution is -2.18. The zero-order chi connectivity index (χ0) is 14.4. The molecule has 0 fully saturated rings. The number of rotatable bonds is 7. The molecule has 6 heteroatoms. The minimum absolute atomic E-state index is 0.290. The Morgan fingerprint density at radius 2 is 2.00 bits per heavy atom. The SMILES string of the molecule is COCc1ccccc1CNCc1nccn1C(F)F. The molecule has 2 aromatic rings. The Morgan fingerprint density at radius 1 is 1.25 bits per heavy atom. The number of imidazole rings is 1. The molecule has 2 rings (SSSR count). The molecule has 1 aromatic carbocycles. The Labute approximate surface area is 116 Å². The van der Waals surface area contributed by atoms with Gasteiger partial charge in [0.05, 0.1) is 13.2 Å². The molecule has 0 radical (unpaired) electrons. The molecule has 0 aliphatic heterocycles. The first-order valence-electron chi connectivity index (χ1n) is 6.28. The van der Waals surface area contributed by atoms with E-state index in [1.54, 1.807) is 7.11 Å². The predicted octanol–water partition coefficient (Wildman–Crippen LogP) is 2.71. The maximum atomic E-state index is 12.7. The summed E-state index contributed by atoms with van der Waals surface area (Å²) in [7, 11) is 1.64. The van der Waals surface area contributed by atoms with Crippen LogP contribution in [0.15, 0.2) is 36.7 Å². The van der Waals surface area contributed by atoms with E-state index in [0.717, 1.165) is 15.7 Å². The van der Waals surface area contributed by atoms with Gasteiger partial charge in [-0.05, 0) is 11.1 Å². The first-order chi connectivity index (χ1) is 9.72. The fourth-order valence-electron chi connectivity index (χ4n) is 1.99. The van der Waals surface area contributed by atoms with E-state index in [-0.39, 0.29) is 0 Å². The third-order valence-corrected chi connectivity index (χ3v) is 2.98. The van der Waals surface area contributed by atoms with Crippen molar-refractivity contribution in [3.8, 4) is 0 Å². The Balaban J connectivity index is 1.94. The van der Waals surface area contributed by atoms with Gasteiger partial charge in [-0.3, -0.25) is 4.57 Å². The van der Waals surface area contributed by atoms with Gasteiger partial charge < -0.3 is 10.1 Å². The smallest absolute Gasteiger partial charge is 0.319 e. The van der Waals surface area contributed by atoms with E-state index in [9.17, 15) is 8.78 Å². The summed E-state index contributed by atoms with van der Waals surface area (Å²) in [5, 5.41) is 3.13. The van der Waals surface area contributed by atoms with Crippen molar-refractivity contribution < 1.29 is 13.5 Å². The summed E-state index contributed by atoms with van der Waals surface area (Å²) in [6, 6.07) is 7.86. The number of hydrogen-bond acceptors (Lipinski definition) is 3. The van der Waals surface area contributed by atoms with Crippen molar-refractivity contribution in [2.45, 2.75) is 26.2 Å². The van der Waals surface area contributed by atoms with Gasteiger partial charge in [-0.15, -0.1) is 0 Å². The number of halogens is 2. The van der Waals surface area contributed by atoms with Crippen molar-refractivity contribution in [3.63, 3.8) is 0 Å². The van der Waals surface area contributed by atoms with Crippen molar-refractivity contribution in [2.75, 3.05) is 7.11 Å². The number of nitrogens with zero attached hydrogens (tertiary/aromatic N) is 2. The monoisotopic (exact) mass is 281 g/mol. The van der Waals surface area contributed by atoms with Gasteiger partial charge in [-0.25, -0.2) is 4.98 Å². The standard InChI is InChI=1S/C14H17F2N3O/c1-20-10-12-5-3-2-4-11(12)8-17-9-13-18-6-7-19(13)14(15)16/h2-7,14,17H,8-10H2,1H3. The molecule has 0 bridgehead atoms. The number of alkyl halides is 2. The van der Waals surface area contributed by atoms with E-state index in [0.29, 0.717) is 25.5 Å². The second kappa shape index (κ2) is 7.12. The number of benzene rings is 1. The van der Waals surface area contributed by atoms with Crippen LogP contribution >= 0.6 is 0 Å². The van der Waals surface area contributed by atoms with Gasteiger partial charge in [-0.1, -0.05) is 24.3 Å². The lowest BCUT2D eigenvalue weighted by molar-refractivity contribution is 0.0666. The number of ether oxygens (including phenoxy) is 1. The Morgan fingerprint density at radius 3 is 2.70 bits per heavy atom. The quantitative estimate of drug-likeness (QED) is 0.848. The molecule has 1 aromatic heterocycles. The average molecular weight is 281 g/mol. The predicted molar refractivity (Wildman–Crippen MR) is 71.2 cm³/mol. The molecule has 108 valence electrons. The van der Waals surface area contributed by atoms with Gasteiger partial charge in [0, 0.05) is 26.0 Å². The summed E-state index contributed by atoms with van der Waals surface area (Å²) >= 11 is 0. The molecule has 1 heterocycles. The molecule has 0 unspecified atom stereocenters. The van der Waals surface area contributed by atoms with Crippen LogP contribution in [0.1, 0.15) is 23.5 Å². The van der Waals surface area contributed by atoms with Gasteiger partial charge in [0.25, 0.3) is 0 Å². The van der Waals surface area contributed by atoms with Crippen LogP contribution in [0.25, 0.3) is 0 Å². The van der Waals surface area contributed by atoms with Gasteiger partial charge >= 0.3 is 6.55 Å². The molecule has 20 heavy (non-hydrogen) atoms. The first kappa shape index (κ1) is 14.6. The summed E-state index contributed by atoms with van der Waals surface area (Å²) in [5.41, 5.74) is 2.17. The lowest BCUT2D eigenvalue weighted by atomic mass is 10.1. The molecule has 0 aliphatic carbocycles. The number of nitrogens with one attached hydrogen (secondary N) is 1. The number of aromatic nitrogens is 2. The summed E-state index contributed by atoms with van der Waals surface area (Å²) in [4.78, 5) is 3.92. The maximum Gasteiger partial charge on any atom is 0.319 e. The summed E-state index contributed by atoms with van der Waals surface area (Å²) < 4.78 is 31.3. The Kier molecular flexibility index (Phi) is 5.20. The van der Waals surface area contributed by atoms with Crippen molar-refractivity contribution in [1.82, 2.24) is 14.9 Å². The third kappa shape index (κ3) is 3.61. The molecule has 0 aliphatic rings. The van der Waals surface area contributed by atoms with E-state index in [1.165, 1.54) is 12.4 Å². The number of hydrogen-bond donors (Lipinski definition) is 1. The molecule has 0 spiro atoms. The fourth-order valence-corrected chi connectivity index (χ4v) is 1.99. The van der Waals surface area contributed by atoms with Crippen molar-refractivity contribution in [2.24, 2.45) is 0 Å². The normalized spacial score (nSPS) is 11.2. The highest BCUT2D eigenvalue weighted by Crippen LogP contribution is 2.13. The first-order valence-corrected chi connectivity index (χ1v) is 6.28. The van der Waals surface area contributed by atoms with Crippen LogP contribution in [0.3, 0.4) is 0 Å². The van der Waals surface area contributed by atoms with E-state index in [2.05, 4.69) is 10.3 Å². The van der Waals surface area contributed by atoms with Crippen molar-refractivity contribution in [3.05, 3.63) is 53.6 Å². The summed E-state index contributed by atoms with van der Waals surface area (Å²) in [6.07, 6.45) is 2.66. The van der Waals surface area contributed by atoms with E-state index in [4.69, 9.17) is 4.74 Å².